The van der Waals surface area contributed by atoms with E-state index >= 15 is 0 Å². The highest BCUT2D eigenvalue weighted by Gasteiger charge is 2.20. The Labute approximate surface area is 145 Å². The Bertz CT molecular complexity index is 697. The maximum atomic E-state index is 4.53. The monoisotopic (exact) mass is 372 g/mol. The van der Waals surface area contributed by atoms with Gasteiger partial charge >= 0.3 is 0 Å². The summed E-state index contributed by atoms with van der Waals surface area (Å²) in [6.07, 6.45) is 6.66. The van der Waals surface area contributed by atoms with Crippen LogP contribution in [-0.2, 0) is 13.0 Å². The molecular formula is C18H21BrN4. The van der Waals surface area contributed by atoms with Crippen LogP contribution < -0.4 is 9.80 Å². The van der Waals surface area contributed by atoms with Crippen LogP contribution in [0.15, 0.2) is 35.1 Å². The largest absolute Gasteiger partial charge is 0.356 e. The zero-order valence-corrected chi connectivity index (χ0v) is 14.8. The van der Waals surface area contributed by atoms with Gasteiger partial charge in [-0.3, -0.25) is 0 Å². The molecule has 4 rings (SSSR count). The van der Waals surface area contributed by atoms with Crippen LogP contribution in [0.2, 0.25) is 0 Å². The van der Waals surface area contributed by atoms with Crippen LogP contribution in [0.4, 0.5) is 11.6 Å². The van der Waals surface area contributed by atoms with Crippen molar-refractivity contribution in [1.82, 2.24) is 9.97 Å². The predicted molar refractivity (Wildman–Crippen MR) is 97.0 cm³/mol. The van der Waals surface area contributed by atoms with Crippen LogP contribution >= 0.6 is 15.9 Å². The molecule has 1 fully saturated rings. The van der Waals surface area contributed by atoms with E-state index in [4.69, 9.17) is 0 Å². The summed E-state index contributed by atoms with van der Waals surface area (Å²) in [4.78, 5) is 13.8. The Kier molecular flexibility index (Phi) is 4.21. The third-order valence-electron chi connectivity index (χ3n) is 4.86. The van der Waals surface area contributed by atoms with Gasteiger partial charge in [0, 0.05) is 36.7 Å². The SMILES string of the molecule is Brc1cccc2c1CN(c1cc(N3CCCCC3)ncn1)CC2. The number of fused-ring (bicyclic) bond motifs is 1. The van der Waals surface area contributed by atoms with Gasteiger partial charge in [0.15, 0.2) is 0 Å². The first kappa shape index (κ1) is 14.9. The normalized spacial score (nSPS) is 18.0. The molecule has 0 radical (unpaired) electrons. The van der Waals surface area contributed by atoms with Crippen molar-refractivity contribution in [3.63, 3.8) is 0 Å². The zero-order chi connectivity index (χ0) is 15.6. The third kappa shape index (κ3) is 3.07. The number of nitrogens with zero attached hydrogens (tertiary/aromatic N) is 4. The highest BCUT2D eigenvalue weighted by atomic mass is 79.9. The zero-order valence-electron chi connectivity index (χ0n) is 13.2. The first-order valence-corrected chi connectivity index (χ1v) is 9.19. The lowest BCUT2D eigenvalue weighted by atomic mass is 10.00. The molecule has 0 spiro atoms. The van der Waals surface area contributed by atoms with Gasteiger partial charge in [-0.05, 0) is 42.9 Å². The lowest BCUT2D eigenvalue weighted by Gasteiger charge is -2.32. The molecule has 2 aliphatic heterocycles. The molecule has 0 saturated carbocycles. The summed E-state index contributed by atoms with van der Waals surface area (Å²) >= 11 is 3.69. The van der Waals surface area contributed by atoms with E-state index in [0.717, 1.165) is 44.2 Å². The van der Waals surface area contributed by atoms with Crippen LogP contribution in [-0.4, -0.2) is 29.6 Å². The van der Waals surface area contributed by atoms with Crippen LogP contribution in [0.3, 0.4) is 0 Å². The summed E-state index contributed by atoms with van der Waals surface area (Å²) in [5.41, 5.74) is 2.83. The Morgan fingerprint density at radius 2 is 1.70 bits per heavy atom. The topological polar surface area (TPSA) is 32.3 Å². The Balaban J connectivity index is 1.58. The fraction of sp³-hybridized carbons (Fsp3) is 0.444. The van der Waals surface area contributed by atoms with Gasteiger partial charge in [-0.2, -0.15) is 0 Å². The van der Waals surface area contributed by atoms with Gasteiger partial charge in [0.25, 0.3) is 0 Å². The molecule has 0 amide bonds. The molecule has 120 valence electrons. The molecule has 4 nitrogen and oxygen atoms in total. The molecule has 1 saturated heterocycles. The van der Waals surface area contributed by atoms with Crippen molar-refractivity contribution in [2.24, 2.45) is 0 Å². The van der Waals surface area contributed by atoms with Crippen LogP contribution in [0.1, 0.15) is 30.4 Å². The van der Waals surface area contributed by atoms with Gasteiger partial charge in [-0.25, -0.2) is 9.97 Å². The van der Waals surface area contributed by atoms with Gasteiger partial charge in [0.1, 0.15) is 18.0 Å². The van der Waals surface area contributed by atoms with Gasteiger partial charge in [0.2, 0.25) is 0 Å². The van der Waals surface area contributed by atoms with E-state index in [0.29, 0.717) is 0 Å². The van der Waals surface area contributed by atoms with E-state index in [2.05, 4.69) is 60.0 Å². The molecule has 2 aromatic rings. The van der Waals surface area contributed by atoms with Gasteiger partial charge in [-0.1, -0.05) is 28.1 Å². The quantitative estimate of drug-likeness (QED) is 0.802. The predicted octanol–water partition coefficient (Wildman–Crippen LogP) is 3.79. The third-order valence-corrected chi connectivity index (χ3v) is 5.60. The molecule has 1 aromatic heterocycles. The number of rotatable bonds is 2. The van der Waals surface area contributed by atoms with E-state index < -0.39 is 0 Å². The molecule has 0 aliphatic carbocycles. The van der Waals surface area contributed by atoms with Crippen LogP contribution in [0, 0.1) is 0 Å². The number of benzene rings is 1. The first-order valence-electron chi connectivity index (χ1n) is 8.39. The molecule has 0 bridgehead atoms. The van der Waals surface area contributed by atoms with E-state index in [1.165, 1.54) is 34.9 Å². The Morgan fingerprint density at radius 1 is 0.913 bits per heavy atom. The number of anilines is 2. The second-order valence-corrected chi connectivity index (χ2v) is 7.19. The summed E-state index contributed by atoms with van der Waals surface area (Å²) in [5.74, 6) is 2.12. The molecular weight excluding hydrogens is 352 g/mol. The van der Waals surface area contributed by atoms with E-state index in [1.807, 2.05) is 0 Å². The number of aromatic nitrogens is 2. The van der Waals surface area contributed by atoms with Gasteiger partial charge < -0.3 is 9.80 Å². The average molecular weight is 373 g/mol. The minimum atomic E-state index is 0.910. The van der Waals surface area contributed by atoms with E-state index in [9.17, 15) is 0 Å². The Morgan fingerprint density at radius 3 is 2.52 bits per heavy atom. The summed E-state index contributed by atoms with van der Waals surface area (Å²) in [7, 11) is 0. The van der Waals surface area contributed by atoms with Crippen LogP contribution in [0.25, 0.3) is 0 Å². The molecule has 0 N–H and O–H groups in total. The number of halogens is 1. The van der Waals surface area contributed by atoms with Crippen molar-refractivity contribution >= 4 is 27.6 Å². The smallest absolute Gasteiger partial charge is 0.134 e. The molecule has 23 heavy (non-hydrogen) atoms. The summed E-state index contributed by atoms with van der Waals surface area (Å²) in [5, 5.41) is 0. The number of hydrogen-bond acceptors (Lipinski definition) is 4. The van der Waals surface area contributed by atoms with Crippen molar-refractivity contribution in [1.29, 1.82) is 0 Å². The van der Waals surface area contributed by atoms with Gasteiger partial charge in [-0.15, -0.1) is 0 Å². The standard InChI is InChI=1S/C18H21BrN4/c19-16-6-4-5-14-7-10-23(12-15(14)16)18-11-17(20-13-21-18)22-8-2-1-3-9-22/h4-6,11,13H,1-3,7-10,12H2. The summed E-state index contributed by atoms with van der Waals surface area (Å²) < 4.78 is 1.20. The van der Waals surface area contributed by atoms with Crippen molar-refractivity contribution in [3.8, 4) is 0 Å². The van der Waals surface area contributed by atoms with E-state index in [-0.39, 0.29) is 0 Å². The molecule has 5 heteroatoms. The summed E-state index contributed by atoms with van der Waals surface area (Å²) in [6, 6.07) is 8.64. The lowest BCUT2D eigenvalue weighted by molar-refractivity contribution is 0.572. The lowest BCUT2D eigenvalue weighted by Crippen LogP contribution is -2.33. The fourth-order valence-corrected chi connectivity index (χ4v) is 4.07. The minimum Gasteiger partial charge on any atom is -0.356 e. The molecule has 0 atom stereocenters. The van der Waals surface area contributed by atoms with Crippen molar-refractivity contribution in [3.05, 3.63) is 46.2 Å². The number of hydrogen-bond donors (Lipinski definition) is 0. The maximum Gasteiger partial charge on any atom is 0.134 e. The second kappa shape index (κ2) is 6.48. The van der Waals surface area contributed by atoms with Crippen molar-refractivity contribution < 1.29 is 0 Å². The van der Waals surface area contributed by atoms with E-state index in [1.54, 1.807) is 6.33 Å². The highest BCUT2D eigenvalue weighted by molar-refractivity contribution is 9.10. The summed E-state index contributed by atoms with van der Waals surface area (Å²) in [6.45, 7) is 4.16. The molecule has 3 heterocycles. The van der Waals surface area contributed by atoms with Crippen molar-refractivity contribution in [2.45, 2.75) is 32.2 Å². The number of piperidine rings is 1. The van der Waals surface area contributed by atoms with Gasteiger partial charge in [0.05, 0.1) is 0 Å². The molecule has 0 unspecified atom stereocenters. The fourth-order valence-electron chi connectivity index (χ4n) is 3.54. The minimum absolute atomic E-state index is 0.910. The average Bonchev–Trinajstić information content (AvgIpc) is 2.63. The van der Waals surface area contributed by atoms with Crippen molar-refractivity contribution in [2.75, 3.05) is 29.4 Å². The molecule has 1 aromatic carbocycles. The Hall–Kier alpha value is -1.62. The maximum absolute atomic E-state index is 4.53. The first-order chi connectivity index (χ1) is 11.3. The molecule has 2 aliphatic rings. The second-order valence-electron chi connectivity index (χ2n) is 6.33. The van der Waals surface area contributed by atoms with Crippen LogP contribution in [0.5, 0.6) is 0 Å². The highest BCUT2D eigenvalue weighted by Crippen LogP contribution is 2.29.